The number of aromatic nitrogens is 1. The van der Waals surface area contributed by atoms with E-state index in [1.807, 2.05) is 31.2 Å². The largest absolute Gasteiger partial charge is 0.355 e. The van der Waals surface area contributed by atoms with Crippen LogP contribution in [0.3, 0.4) is 0 Å². The second kappa shape index (κ2) is 5.81. The van der Waals surface area contributed by atoms with E-state index >= 15 is 0 Å². The maximum atomic E-state index is 13.5. The molecule has 1 N–H and O–H groups in total. The van der Waals surface area contributed by atoms with E-state index in [1.54, 1.807) is 12.1 Å². The number of carbonyl (C=O) groups is 1. The summed E-state index contributed by atoms with van der Waals surface area (Å²) in [7, 11) is 0. The summed E-state index contributed by atoms with van der Waals surface area (Å²) in [6.45, 7) is 1.98. The van der Waals surface area contributed by atoms with E-state index in [-0.39, 0.29) is 11.4 Å². The quantitative estimate of drug-likeness (QED) is 0.793. The second-order valence-corrected chi connectivity index (χ2v) is 4.88. The Hall–Kier alpha value is -2.95. The zero-order valence-corrected chi connectivity index (χ0v) is 11.8. The minimum absolute atomic E-state index is 0.0961. The molecule has 5 heteroatoms. The van der Waals surface area contributed by atoms with Crippen LogP contribution in [-0.4, -0.2) is 11.1 Å². The number of anilines is 1. The molecule has 0 bridgehead atoms. The molecule has 0 aliphatic rings. The second-order valence-electron chi connectivity index (χ2n) is 4.88. The highest BCUT2D eigenvalue weighted by Crippen LogP contribution is 2.21. The lowest BCUT2D eigenvalue weighted by atomic mass is 10.1. The summed E-state index contributed by atoms with van der Waals surface area (Å²) in [6.07, 6.45) is 0. The zero-order chi connectivity index (χ0) is 15.5. The lowest BCUT2D eigenvalue weighted by molar-refractivity contribution is 0.101. The van der Waals surface area contributed by atoms with Gasteiger partial charge in [-0.15, -0.1) is 0 Å². The molecule has 0 fully saturated rings. The molecule has 0 spiro atoms. The molecule has 1 aromatic heterocycles. The predicted octanol–water partition coefficient (Wildman–Crippen LogP) is 4.04. The van der Waals surface area contributed by atoms with Gasteiger partial charge in [-0.05, 0) is 19.1 Å². The minimum atomic E-state index is -0.521. The molecule has 0 unspecified atom stereocenters. The Morgan fingerprint density at radius 1 is 1.14 bits per heavy atom. The Balaban J connectivity index is 1.80. The third-order valence-corrected chi connectivity index (χ3v) is 3.20. The van der Waals surface area contributed by atoms with Crippen molar-refractivity contribution in [1.29, 1.82) is 0 Å². The van der Waals surface area contributed by atoms with Gasteiger partial charge in [0.25, 0.3) is 5.91 Å². The Morgan fingerprint density at radius 3 is 2.59 bits per heavy atom. The van der Waals surface area contributed by atoms with Crippen LogP contribution < -0.4 is 5.32 Å². The topological polar surface area (TPSA) is 55.1 Å². The predicted molar refractivity (Wildman–Crippen MR) is 81.0 cm³/mol. The molecule has 1 heterocycles. The van der Waals surface area contributed by atoms with Gasteiger partial charge in [0.15, 0.2) is 11.5 Å². The highest BCUT2D eigenvalue weighted by Gasteiger charge is 2.15. The van der Waals surface area contributed by atoms with Crippen molar-refractivity contribution >= 4 is 11.6 Å². The first-order valence-corrected chi connectivity index (χ1v) is 6.73. The number of aryl methyl sites for hydroxylation is 1. The van der Waals surface area contributed by atoms with Crippen LogP contribution in [-0.2, 0) is 0 Å². The van der Waals surface area contributed by atoms with Crippen molar-refractivity contribution in [3.05, 3.63) is 71.7 Å². The average molecular weight is 296 g/mol. The van der Waals surface area contributed by atoms with E-state index in [1.165, 1.54) is 18.2 Å². The molecule has 0 saturated heterocycles. The SMILES string of the molecule is Cc1ccc(-c2cc(C(=O)Nc3ccccc3F)no2)cc1. The Kier molecular flexibility index (Phi) is 3.70. The maximum absolute atomic E-state index is 13.5. The van der Waals surface area contributed by atoms with Crippen LogP contribution >= 0.6 is 0 Å². The molecular weight excluding hydrogens is 283 g/mol. The lowest BCUT2D eigenvalue weighted by Crippen LogP contribution is -2.13. The fourth-order valence-electron chi connectivity index (χ4n) is 1.99. The van der Waals surface area contributed by atoms with Crippen LogP contribution in [0.25, 0.3) is 11.3 Å². The van der Waals surface area contributed by atoms with Gasteiger partial charge in [0.2, 0.25) is 0 Å². The molecular formula is C17H13FN2O2. The number of halogens is 1. The van der Waals surface area contributed by atoms with Crippen LogP contribution in [0.5, 0.6) is 0 Å². The smallest absolute Gasteiger partial charge is 0.277 e. The molecule has 0 radical (unpaired) electrons. The fraction of sp³-hybridized carbons (Fsp3) is 0.0588. The number of benzene rings is 2. The van der Waals surface area contributed by atoms with Crippen molar-refractivity contribution in [2.75, 3.05) is 5.32 Å². The van der Waals surface area contributed by atoms with E-state index in [4.69, 9.17) is 4.52 Å². The molecule has 110 valence electrons. The van der Waals surface area contributed by atoms with E-state index in [0.717, 1.165) is 11.1 Å². The number of para-hydroxylation sites is 1. The van der Waals surface area contributed by atoms with Crippen molar-refractivity contribution < 1.29 is 13.7 Å². The van der Waals surface area contributed by atoms with E-state index in [9.17, 15) is 9.18 Å². The molecule has 22 heavy (non-hydrogen) atoms. The zero-order valence-electron chi connectivity index (χ0n) is 11.8. The third-order valence-electron chi connectivity index (χ3n) is 3.20. The van der Waals surface area contributed by atoms with Crippen LogP contribution in [0.15, 0.2) is 59.1 Å². The summed E-state index contributed by atoms with van der Waals surface area (Å²) in [6, 6.07) is 15.1. The van der Waals surface area contributed by atoms with E-state index in [2.05, 4.69) is 10.5 Å². The van der Waals surface area contributed by atoms with Gasteiger partial charge in [0, 0.05) is 11.6 Å². The fourth-order valence-corrected chi connectivity index (χ4v) is 1.99. The van der Waals surface area contributed by atoms with Crippen molar-refractivity contribution in [3.8, 4) is 11.3 Å². The van der Waals surface area contributed by atoms with Crippen molar-refractivity contribution in [2.24, 2.45) is 0 Å². The van der Waals surface area contributed by atoms with Gasteiger partial charge in [0.1, 0.15) is 5.82 Å². The van der Waals surface area contributed by atoms with Crippen molar-refractivity contribution in [1.82, 2.24) is 5.16 Å². The van der Waals surface area contributed by atoms with E-state index in [0.29, 0.717) is 5.76 Å². The number of nitrogens with zero attached hydrogens (tertiary/aromatic N) is 1. The van der Waals surface area contributed by atoms with Gasteiger partial charge < -0.3 is 9.84 Å². The van der Waals surface area contributed by atoms with Gasteiger partial charge >= 0.3 is 0 Å². The highest BCUT2D eigenvalue weighted by atomic mass is 19.1. The summed E-state index contributed by atoms with van der Waals surface area (Å²) in [5.41, 5.74) is 2.15. The Bertz CT molecular complexity index is 810. The number of amides is 1. The number of hydrogen-bond donors (Lipinski definition) is 1. The van der Waals surface area contributed by atoms with Crippen molar-refractivity contribution in [2.45, 2.75) is 6.92 Å². The van der Waals surface area contributed by atoms with Gasteiger partial charge in [-0.2, -0.15) is 0 Å². The third kappa shape index (κ3) is 2.88. The summed E-state index contributed by atoms with van der Waals surface area (Å²) in [5, 5.41) is 6.20. The number of hydrogen-bond acceptors (Lipinski definition) is 3. The molecule has 0 saturated carbocycles. The van der Waals surface area contributed by atoms with Gasteiger partial charge in [-0.3, -0.25) is 4.79 Å². The maximum Gasteiger partial charge on any atom is 0.277 e. The summed E-state index contributed by atoms with van der Waals surface area (Å²) >= 11 is 0. The summed E-state index contributed by atoms with van der Waals surface area (Å²) in [4.78, 5) is 12.1. The van der Waals surface area contributed by atoms with Crippen LogP contribution in [0.4, 0.5) is 10.1 Å². The number of carbonyl (C=O) groups excluding carboxylic acids is 1. The minimum Gasteiger partial charge on any atom is -0.355 e. The summed E-state index contributed by atoms with van der Waals surface area (Å²) < 4.78 is 18.7. The highest BCUT2D eigenvalue weighted by molar-refractivity contribution is 6.03. The monoisotopic (exact) mass is 296 g/mol. The lowest BCUT2D eigenvalue weighted by Gasteiger charge is -2.03. The van der Waals surface area contributed by atoms with Crippen LogP contribution in [0.2, 0.25) is 0 Å². The normalized spacial score (nSPS) is 10.5. The molecule has 3 rings (SSSR count). The number of nitrogens with one attached hydrogen (secondary N) is 1. The van der Waals surface area contributed by atoms with Gasteiger partial charge in [-0.1, -0.05) is 47.1 Å². The first kappa shape index (κ1) is 14.0. The van der Waals surface area contributed by atoms with Gasteiger partial charge in [-0.25, -0.2) is 4.39 Å². The Labute approximate surface area is 126 Å². The standard InChI is InChI=1S/C17H13FN2O2/c1-11-6-8-12(9-7-11)16-10-15(20-22-16)17(21)19-14-5-3-2-4-13(14)18/h2-10H,1H3,(H,19,21). The molecule has 0 atom stereocenters. The van der Waals surface area contributed by atoms with Gasteiger partial charge in [0.05, 0.1) is 5.69 Å². The molecule has 3 aromatic rings. The first-order chi connectivity index (χ1) is 10.6. The Morgan fingerprint density at radius 2 is 1.86 bits per heavy atom. The first-order valence-electron chi connectivity index (χ1n) is 6.73. The molecule has 4 nitrogen and oxygen atoms in total. The number of rotatable bonds is 3. The van der Waals surface area contributed by atoms with E-state index < -0.39 is 11.7 Å². The average Bonchev–Trinajstić information content (AvgIpc) is 3.00. The summed E-state index contributed by atoms with van der Waals surface area (Å²) in [5.74, 6) is -0.538. The van der Waals surface area contributed by atoms with Crippen LogP contribution in [0, 0.1) is 12.7 Å². The molecule has 0 aliphatic heterocycles. The van der Waals surface area contributed by atoms with Crippen molar-refractivity contribution in [3.63, 3.8) is 0 Å². The molecule has 0 aliphatic carbocycles. The van der Waals surface area contributed by atoms with Crippen LogP contribution in [0.1, 0.15) is 16.1 Å². The molecule has 2 aromatic carbocycles. The molecule has 1 amide bonds.